The standard InChI is InChI=1S/C16H10Cl2N2O3/c17-9-3-1-4-10(7-9)19-13(21)8-20-15(22)11-5-2-6-12(18)14(11)16(20)23/h1-7H,8H2,(H,19,21). The summed E-state index contributed by atoms with van der Waals surface area (Å²) in [6.45, 7) is -0.394. The first-order valence-electron chi connectivity index (χ1n) is 6.67. The number of rotatable bonds is 3. The summed E-state index contributed by atoms with van der Waals surface area (Å²) in [5.41, 5.74) is 0.824. The highest BCUT2D eigenvalue weighted by molar-refractivity contribution is 6.37. The molecule has 0 fully saturated rings. The molecule has 116 valence electrons. The zero-order valence-electron chi connectivity index (χ0n) is 11.7. The number of carbonyl (C=O) groups is 3. The Balaban J connectivity index is 1.77. The minimum absolute atomic E-state index is 0.134. The number of nitrogens with one attached hydrogen (secondary N) is 1. The van der Waals surface area contributed by atoms with Gasteiger partial charge in [-0.1, -0.05) is 35.3 Å². The Morgan fingerprint density at radius 2 is 1.78 bits per heavy atom. The number of fused-ring (bicyclic) bond motifs is 1. The molecule has 1 aliphatic rings. The second-order valence-electron chi connectivity index (χ2n) is 4.92. The second-order valence-corrected chi connectivity index (χ2v) is 5.76. The van der Waals surface area contributed by atoms with E-state index in [1.165, 1.54) is 12.1 Å². The number of imide groups is 1. The molecule has 0 atom stereocenters. The fraction of sp³-hybridized carbons (Fsp3) is 0.0625. The molecule has 3 amide bonds. The first-order chi connectivity index (χ1) is 11.0. The van der Waals surface area contributed by atoms with Crippen LogP contribution in [0.2, 0.25) is 10.0 Å². The van der Waals surface area contributed by atoms with Crippen LogP contribution in [0.15, 0.2) is 42.5 Å². The average molecular weight is 349 g/mol. The van der Waals surface area contributed by atoms with Gasteiger partial charge < -0.3 is 5.32 Å². The number of benzene rings is 2. The van der Waals surface area contributed by atoms with Crippen molar-refractivity contribution in [2.45, 2.75) is 0 Å². The normalized spacial score (nSPS) is 13.2. The molecule has 7 heteroatoms. The Hall–Kier alpha value is -2.37. The zero-order chi connectivity index (χ0) is 16.6. The minimum atomic E-state index is -0.572. The molecule has 1 heterocycles. The maximum absolute atomic E-state index is 12.3. The van der Waals surface area contributed by atoms with Crippen molar-refractivity contribution in [2.24, 2.45) is 0 Å². The summed E-state index contributed by atoms with van der Waals surface area (Å²) in [6, 6.07) is 11.2. The van der Waals surface area contributed by atoms with E-state index < -0.39 is 24.3 Å². The number of nitrogens with zero attached hydrogens (tertiary/aromatic N) is 1. The van der Waals surface area contributed by atoms with Gasteiger partial charge in [0.25, 0.3) is 11.8 Å². The number of anilines is 1. The van der Waals surface area contributed by atoms with Crippen molar-refractivity contribution < 1.29 is 14.4 Å². The van der Waals surface area contributed by atoms with Gasteiger partial charge in [0.2, 0.25) is 5.91 Å². The third-order valence-electron chi connectivity index (χ3n) is 3.36. The molecule has 2 aromatic carbocycles. The van der Waals surface area contributed by atoms with Gasteiger partial charge in [0, 0.05) is 10.7 Å². The van der Waals surface area contributed by atoms with Crippen molar-refractivity contribution in [3.8, 4) is 0 Å². The molecular weight excluding hydrogens is 339 g/mol. The van der Waals surface area contributed by atoms with Gasteiger partial charge >= 0.3 is 0 Å². The maximum Gasteiger partial charge on any atom is 0.263 e. The third kappa shape index (κ3) is 2.93. The Kier molecular flexibility index (Phi) is 4.07. The van der Waals surface area contributed by atoms with Gasteiger partial charge in [-0.2, -0.15) is 0 Å². The fourth-order valence-corrected chi connectivity index (χ4v) is 2.79. The predicted octanol–water partition coefficient (Wildman–Crippen LogP) is 3.23. The van der Waals surface area contributed by atoms with Crippen LogP contribution >= 0.6 is 23.2 Å². The highest BCUT2D eigenvalue weighted by Crippen LogP contribution is 2.28. The van der Waals surface area contributed by atoms with Crippen LogP contribution in [0, 0.1) is 0 Å². The SMILES string of the molecule is O=C(CN1C(=O)c2cccc(Cl)c2C1=O)Nc1cccc(Cl)c1. The zero-order valence-corrected chi connectivity index (χ0v) is 13.2. The van der Waals surface area contributed by atoms with Crippen LogP contribution in [0.25, 0.3) is 0 Å². The number of hydrogen-bond acceptors (Lipinski definition) is 3. The molecule has 3 rings (SSSR count). The molecule has 0 saturated carbocycles. The molecular formula is C16H10Cl2N2O3. The molecule has 0 unspecified atom stereocenters. The Morgan fingerprint density at radius 3 is 2.48 bits per heavy atom. The van der Waals surface area contributed by atoms with E-state index in [0.717, 1.165) is 4.90 Å². The van der Waals surface area contributed by atoms with Crippen molar-refractivity contribution in [3.63, 3.8) is 0 Å². The summed E-state index contributed by atoms with van der Waals surface area (Å²) in [5, 5.41) is 3.25. The number of carbonyl (C=O) groups excluding carboxylic acids is 3. The minimum Gasteiger partial charge on any atom is -0.324 e. The first kappa shape index (κ1) is 15.5. The summed E-state index contributed by atoms with van der Waals surface area (Å²) >= 11 is 11.8. The van der Waals surface area contributed by atoms with E-state index in [9.17, 15) is 14.4 Å². The van der Waals surface area contributed by atoms with Crippen molar-refractivity contribution in [1.29, 1.82) is 0 Å². The largest absolute Gasteiger partial charge is 0.324 e. The van der Waals surface area contributed by atoms with E-state index in [4.69, 9.17) is 23.2 Å². The van der Waals surface area contributed by atoms with E-state index >= 15 is 0 Å². The van der Waals surface area contributed by atoms with E-state index in [0.29, 0.717) is 10.7 Å². The predicted molar refractivity (Wildman–Crippen MR) is 86.9 cm³/mol. The smallest absolute Gasteiger partial charge is 0.263 e. The Labute approximate surface area is 141 Å². The maximum atomic E-state index is 12.3. The highest BCUT2D eigenvalue weighted by Gasteiger charge is 2.38. The lowest BCUT2D eigenvalue weighted by Gasteiger charge is -2.13. The van der Waals surface area contributed by atoms with Crippen LogP contribution < -0.4 is 5.32 Å². The summed E-state index contributed by atoms with van der Waals surface area (Å²) in [7, 11) is 0. The van der Waals surface area contributed by atoms with Crippen molar-refractivity contribution in [2.75, 3.05) is 11.9 Å². The number of halogens is 2. The molecule has 0 radical (unpaired) electrons. The van der Waals surface area contributed by atoms with Crippen LogP contribution in [0.5, 0.6) is 0 Å². The van der Waals surface area contributed by atoms with Gasteiger partial charge in [-0.05, 0) is 30.3 Å². The summed E-state index contributed by atoms with van der Waals surface area (Å²) < 4.78 is 0. The molecule has 0 saturated heterocycles. The average Bonchev–Trinajstić information content (AvgIpc) is 2.73. The molecule has 5 nitrogen and oxygen atoms in total. The monoisotopic (exact) mass is 348 g/mol. The first-order valence-corrected chi connectivity index (χ1v) is 7.43. The van der Waals surface area contributed by atoms with Gasteiger partial charge in [-0.3, -0.25) is 19.3 Å². The van der Waals surface area contributed by atoms with Crippen LogP contribution in [0.4, 0.5) is 5.69 Å². The molecule has 0 aliphatic carbocycles. The Morgan fingerprint density at radius 1 is 1.04 bits per heavy atom. The molecule has 0 bridgehead atoms. The lowest BCUT2D eigenvalue weighted by molar-refractivity contribution is -0.116. The van der Waals surface area contributed by atoms with Crippen molar-refractivity contribution in [1.82, 2.24) is 4.90 Å². The quantitative estimate of drug-likeness (QED) is 0.866. The van der Waals surface area contributed by atoms with E-state index in [-0.39, 0.29) is 16.1 Å². The highest BCUT2D eigenvalue weighted by atomic mass is 35.5. The van der Waals surface area contributed by atoms with Crippen LogP contribution in [-0.4, -0.2) is 29.2 Å². The summed E-state index contributed by atoms with van der Waals surface area (Å²) in [4.78, 5) is 37.5. The topological polar surface area (TPSA) is 66.5 Å². The molecule has 23 heavy (non-hydrogen) atoms. The molecule has 0 aromatic heterocycles. The van der Waals surface area contributed by atoms with Gasteiger partial charge in [0.1, 0.15) is 6.54 Å². The Bertz CT molecular complexity index is 836. The van der Waals surface area contributed by atoms with E-state index in [1.54, 1.807) is 30.3 Å². The third-order valence-corrected chi connectivity index (χ3v) is 3.91. The van der Waals surface area contributed by atoms with Gasteiger partial charge in [0.15, 0.2) is 0 Å². The molecule has 2 aromatic rings. The van der Waals surface area contributed by atoms with Gasteiger partial charge in [0.05, 0.1) is 16.1 Å². The van der Waals surface area contributed by atoms with Crippen molar-refractivity contribution >= 4 is 46.6 Å². The molecule has 1 aliphatic heterocycles. The van der Waals surface area contributed by atoms with Crippen molar-refractivity contribution in [3.05, 3.63) is 63.6 Å². The summed E-state index contributed by atoms with van der Waals surface area (Å²) in [6.07, 6.45) is 0. The fourth-order valence-electron chi connectivity index (χ4n) is 2.35. The van der Waals surface area contributed by atoms with Gasteiger partial charge in [-0.15, -0.1) is 0 Å². The van der Waals surface area contributed by atoms with Gasteiger partial charge in [-0.25, -0.2) is 0 Å². The number of hydrogen-bond donors (Lipinski definition) is 1. The second kappa shape index (κ2) is 6.02. The molecule has 0 spiro atoms. The lowest BCUT2D eigenvalue weighted by Crippen LogP contribution is -2.37. The van der Waals surface area contributed by atoms with E-state index in [1.807, 2.05) is 0 Å². The number of amides is 3. The van der Waals surface area contributed by atoms with Crippen LogP contribution in [0.1, 0.15) is 20.7 Å². The van der Waals surface area contributed by atoms with Crippen LogP contribution in [-0.2, 0) is 4.79 Å². The summed E-state index contributed by atoms with van der Waals surface area (Å²) in [5.74, 6) is -1.61. The van der Waals surface area contributed by atoms with E-state index in [2.05, 4.69) is 5.32 Å². The lowest BCUT2D eigenvalue weighted by atomic mass is 10.1. The molecule has 1 N–H and O–H groups in total. The van der Waals surface area contributed by atoms with Crippen LogP contribution in [0.3, 0.4) is 0 Å².